The molecule has 38 heavy (non-hydrogen) atoms. The van der Waals surface area contributed by atoms with Crippen molar-refractivity contribution < 1.29 is 0 Å². The van der Waals surface area contributed by atoms with E-state index in [0.29, 0.717) is 0 Å². The minimum Gasteiger partial charge on any atom is -0.0622 e. The Hall–Kier alpha value is -4.68. The molecule has 0 saturated carbocycles. The number of hydrogen-bond donors (Lipinski definition) is 0. The molecule has 0 heteroatoms. The lowest BCUT2D eigenvalue weighted by Gasteiger charge is -2.34. The standard InChI is InChI=1S/C38H28/c1-27-20-22-36-34(24-27)35-26-31(30-15-11-14-29(25-30)28-12-5-2-6-13-28)21-23-37(35)38(36,32-16-7-3-8-17-32)33-18-9-4-10-19-33/h2-26H,1H3. The maximum absolute atomic E-state index is 2.41. The first-order chi connectivity index (χ1) is 18.7. The van der Waals surface area contributed by atoms with Gasteiger partial charge in [-0.3, -0.25) is 0 Å². The maximum atomic E-state index is 2.41. The fourth-order valence-corrected chi connectivity index (χ4v) is 6.30. The second kappa shape index (κ2) is 9.01. The smallest absolute Gasteiger partial charge is 0.0622 e. The van der Waals surface area contributed by atoms with Gasteiger partial charge in [0.05, 0.1) is 5.41 Å². The van der Waals surface area contributed by atoms with E-state index in [1.54, 1.807) is 0 Å². The molecule has 0 N–H and O–H groups in total. The zero-order chi connectivity index (χ0) is 25.5. The van der Waals surface area contributed by atoms with Crippen molar-refractivity contribution in [3.63, 3.8) is 0 Å². The van der Waals surface area contributed by atoms with E-state index < -0.39 is 0 Å². The van der Waals surface area contributed by atoms with Gasteiger partial charge in [0.2, 0.25) is 0 Å². The Morgan fingerprint density at radius 3 is 1.47 bits per heavy atom. The van der Waals surface area contributed by atoms with Crippen LogP contribution in [0.4, 0.5) is 0 Å². The van der Waals surface area contributed by atoms with Gasteiger partial charge < -0.3 is 0 Å². The van der Waals surface area contributed by atoms with Crippen LogP contribution in [0.2, 0.25) is 0 Å². The molecule has 1 aliphatic carbocycles. The average molecular weight is 485 g/mol. The molecule has 6 aromatic rings. The third kappa shape index (κ3) is 3.45. The number of hydrogen-bond acceptors (Lipinski definition) is 0. The van der Waals surface area contributed by atoms with Gasteiger partial charge in [-0.1, -0.05) is 145 Å². The highest BCUT2D eigenvalue weighted by atomic mass is 14.5. The van der Waals surface area contributed by atoms with Crippen LogP contribution in [0.25, 0.3) is 33.4 Å². The van der Waals surface area contributed by atoms with Crippen LogP contribution in [-0.4, -0.2) is 0 Å². The molecule has 7 rings (SSSR count). The number of benzene rings is 6. The minimum atomic E-state index is -0.356. The molecule has 0 aromatic heterocycles. The molecule has 0 bridgehead atoms. The lowest BCUT2D eigenvalue weighted by molar-refractivity contribution is 0.768. The van der Waals surface area contributed by atoms with Crippen molar-refractivity contribution in [2.24, 2.45) is 0 Å². The van der Waals surface area contributed by atoms with E-state index in [0.717, 1.165) is 0 Å². The van der Waals surface area contributed by atoms with Crippen molar-refractivity contribution in [3.05, 3.63) is 179 Å². The maximum Gasteiger partial charge on any atom is 0.0713 e. The summed E-state index contributed by atoms with van der Waals surface area (Å²) in [4.78, 5) is 0. The molecule has 0 aliphatic heterocycles. The largest absolute Gasteiger partial charge is 0.0713 e. The van der Waals surface area contributed by atoms with Crippen LogP contribution in [0.5, 0.6) is 0 Å². The summed E-state index contributed by atoms with van der Waals surface area (Å²) < 4.78 is 0. The van der Waals surface area contributed by atoms with Gasteiger partial charge in [-0.15, -0.1) is 0 Å². The molecule has 0 unspecified atom stereocenters. The summed E-state index contributed by atoms with van der Waals surface area (Å²) in [6.45, 7) is 2.19. The zero-order valence-electron chi connectivity index (χ0n) is 21.4. The van der Waals surface area contributed by atoms with Gasteiger partial charge in [0.1, 0.15) is 0 Å². The Labute approximate surface area is 224 Å². The second-order valence-corrected chi connectivity index (χ2v) is 10.2. The minimum absolute atomic E-state index is 0.356. The molecule has 0 radical (unpaired) electrons. The van der Waals surface area contributed by atoms with Gasteiger partial charge >= 0.3 is 0 Å². The van der Waals surface area contributed by atoms with Crippen LogP contribution in [-0.2, 0) is 5.41 Å². The quantitative estimate of drug-likeness (QED) is 0.233. The normalized spacial score (nSPS) is 13.1. The van der Waals surface area contributed by atoms with Gasteiger partial charge in [0.25, 0.3) is 0 Å². The summed E-state index contributed by atoms with van der Waals surface area (Å²) in [7, 11) is 0. The van der Waals surface area contributed by atoms with Gasteiger partial charge in [-0.05, 0) is 74.7 Å². The highest BCUT2D eigenvalue weighted by molar-refractivity contribution is 5.89. The third-order valence-electron chi connectivity index (χ3n) is 8.01. The number of rotatable bonds is 4. The van der Waals surface area contributed by atoms with E-state index in [1.165, 1.54) is 61.2 Å². The van der Waals surface area contributed by atoms with Gasteiger partial charge in [-0.25, -0.2) is 0 Å². The molecular weight excluding hydrogens is 456 g/mol. The van der Waals surface area contributed by atoms with E-state index in [4.69, 9.17) is 0 Å². The van der Waals surface area contributed by atoms with Crippen LogP contribution < -0.4 is 0 Å². The number of fused-ring (bicyclic) bond motifs is 3. The molecule has 0 heterocycles. The SMILES string of the molecule is Cc1ccc2c(c1)-c1cc(-c3cccc(-c4ccccc4)c3)ccc1C2(c1ccccc1)c1ccccc1. The number of aryl methyl sites for hydroxylation is 1. The first-order valence-corrected chi connectivity index (χ1v) is 13.3. The fourth-order valence-electron chi connectivity index (χ4n) is 6.30. The molecule has 0 saturated heterocycles. The molecule has 0 amide bonds. The van der Waals surface area contributed by atoms with Crippen LogP contribution in [0.15, 0.2) is 152 Å². The fraction of sp³-hybridized carbons (Fsp3) is 0.0526. The zero-order valence-corrected chi connectivity index (χ0v) is 21.4. The topological polar surface area (TPSA) is 0 Å². The lowest BCUT2D eigenvalue weighted by atomic mass is 9.67. The van der Waals surface area contributed by atoms with E-state index in [9.17, 15) is 0 Å². The van der Waals surface area contributed by atoms with Gasteiger partial charge in [0, 0.05) is 0 Å². The summed E-state index contributed by atoms with van der Waals surface area (Å²) in [6, 6.07) is 55.6. The van der Waals surface area contributed by atoms with E-state index in [1.807, 2.05) is 0 Å². The lowest BCUT2D eigenvalue weighted by Crippen LogP contribution is -2.28. The second-order valence-electron chi connectivity index (χ2n) is 10.2. The van der Waals surface area contributed by atoms with E-state index in [2.05, 4.69) is 159 Å². The Bertz CT molecular complexity index is 1710. The van der Waals surface area contributed by atoms with Crippen LogP contribution in [0.1, 0.15) is 27.8 Å². The van der Waals surface area contributed by atoms with Crippen molar-refractivity contribution in [2.75, 3.05) is 0 Å². The molecule has 0 fully saturated rings. The van der Waals surface area contributed by atoms with Gasteiger partial charge in [0.15, 0.2) is 0 Å². The molecule has 6 aromatic carbocycles. The Balaban J connectivity index is 1.49. The molecule has 0 spiro atoms. The van der Waals surface area contributed by atoms with Crippen molar-refractivity contribution in [1.29, 1.82) is 0 Å². The Morgan fingerprint density at radius 1 is 0.368 bits per heavy atom. The van der Waals surface area contributed by atoms with Crippen molar-refractivity contribution >= 4 is 0 Å². The summed E-state index contributed by atoms with van der Waals surface area (Å²) in [6.07, 6.45) is 0. The predicted molar refractivity (Wildman–Crippen MR) is 159 cm³/mol. The summed E-state index contributed by atoms with van der Waals surface area (Å²) in [5.74, 6) is 0. The van der Waals surface area contributed by atoms with Crippen molar-refractivity contribution in [3.8, 4) is 33.4 Å². The van der Waals surface area contributed by atoms with Crippen LogP contribution >= 0.6 is 0 Å². The summed E-state index contributed by atoms with van der Waals surface area (Å²) in [5.41, 5.74) is 13.8. The van der Waals surface area contributed by atoms with E-state index >= 15 is 0 Å². The molecule has 180 valence electrons. The molecule has 0 nitrogen and oxygen atoms in total. The first-order valence-electron chi connectivity index (χ1n) is 13.3. The van der Waals surface area contributed by atoms with Crippen LogP contribution in [0, 0.1) is 6.92 Å². The Kier molecular flexibility index (Phi) is 5.34. The highest BCUT2D eigenvalue weighted by Gasteiger charge is 2.46. The summed E-state index contributed by atoms with van der Waals surface area (Å²) >= 11 is 0. The third-order valence-corrected chi connectivity index (χ3v) is 8.01. The van der Waals surface area contributed by atoms with E-state index in [-0.39, 0.29) is 5.41 Å². The Morgan fingerprint density at radius 2 is 0.842 bits per heavy atom. The molecule has 1 aliphatic rings. The average Bonchev–Trinajstić information content (AvgIpc) is 3.28. The van der Waals surface area contributed by atoms with Gasteiger partial charge in [-0.2, -0.15) is 0 Å². The van der Waals surface area contributed by atoms with Crippen molar-refractivity contribution in [2.45, 2.75) is 12.3 Å². The van der Waals surface area contributed by atoms with Crippen LogP contribution in [0.3, 0.4) is 0 Å². The molecule has 0 atom stereocenters. The first kappa shape index (κ1) is 22.5. The highest BCUT2D eigenvalue weighted by Crippen LogP contribution is 2.56. The van der Waals surface area contributed by atoms with Crippen molar-refractivity contribution in [1.82, 2.24) is 0 Å². The monoisotopic (exact) mass is 484 g/mol. The predicted octanol–water partition coefficient (Wildman–Crippen LogP) is 9.69. The molecular formula is C38H28. The summed E-state index contributed by atoms with van der Waals surface area (Å²) in [5, 5.41) is 0.